The quantitative estimate of drug-likeness (QED) is 0.884. The lowest BCUT2D eigenvalue weighted by Gasteiger charge is -2.22. The number of phenols is 1. The van der Waals surface area contributed by atoms with Gasteiger partial charge in [-0.25, -0.2) is 9.37 Å². The van der Waals surface area contributed by atoms with Crippen molar-refractivity contribution in [2.24, 2.45) is 0 Å². The van der Waals surface area contributed by atoms with Gasteiger partial charge in [-0.15, -0.1) is 0 Å². The highest BCUT2D eigenvalue weighted by Crippen LogP contribution is 2.40. The average Bonchev–Trinajstić information content (AvgIpc) is 2.33. The number of aromatic hydroxyl groups is 1. The van der Waals surface area contributed by atoms with Crippen LogP contribution in [0.1, 0.15) is 11.1 Å². The Hall–Kier alpha value is -2.10. The van der Waals surface area contributed by atoms with Gasteiger partial charge < -0.3 is 9.84 Å². The molecule has 0 spiro atoms. The van der Waals surface area contributed by atoms with Crippen LogP contribution in [0.15, 0.2) is 24.4 Å². The van der Waals surface area contributed by atoms with Gasteiger partial charge in [0.1, 0.15) is 11.6 Å². The van der Waals surface area contributed by atoms with Crippen LogP contribution in [-0.2, 0) is 12.8 Å². The molecule has 1 aromatic carbocycles. The molecular weight excluding hydrogens is 233 g/mol. The number of hydrogen-bond acceptors (Lipinski definition) is 3. The van der Waals surface area contributed by atoms with Crippen LogP contribution in [0.25, 0.3) is 11.1 Å². The molecule has 0 fully saturated rings. The van der Waals surface area contributed by atoms with Crippen molar-refractivity contribution >= 4 is 0 Å². The monoisotopic (exact) mass is 245 g/mol. The maximum atomic E-state index is 13.8. The fourth-order valence-corrected chi connectivity index (χ4v) is 2.23. The second kappa shape index (κ2) is 3.98. The molecular formula is C14H12FNO2. The minimum Gasteiger partial charge on any atom is -0.507 e. The molecule has 1 N–H and O–H groups in total. The van der Waals surface area contributed by atoms with Gasteiger partial charge in [0.2, 0.25) is 5.88 Å². The van der Waals surface area contributed by atoms with Crippen molar-refractivity contribution in [1.82, 2.24) is 4.98 Å². The Morgan fingerprint density at radius 3 is 2.78 bits per heavy atom. The number of ether oxygens (including phenoxy) is 1. The van der Waals surface area contributed by atoms with Crippen LogP contribution in [0.5, 0.6) is 11.6 Å². The first kappa shape index (κ1) is 11.0. The van der Waals surface area contributed by atoms with Crippen LogP contribution in [0.3, 0.4) is 0 Å². The van der Waals surface area contributed by atoms with Crippen LogP contribution < -0.4 is 4.74 Å². The van der Waals surface area contributed by atoms with Crippen LogP contribution in [-0.4, -0.2) is 17.2 Å². The smallest absolute Gasteiger partial charge is 0.213 e. The van der Waals surface area contributed by atoms with Crippen LogP contribution in [0.4, 0.5) is 4.39 Å². The van der Waals surface area contributed by atoms with E-state index in [-0.39, 0.29) is 5.75 Å². The van der Waals surface area contributed by atoms with Gasteiger partial charge in [-0.1, -0.05) is 12.1 Å². The van der Waals surface area contributed by atoms with E-state index in [0.29, 0.717) is 17.0 Å². The number of phenolic OH excluding ortho intramolecular Hbond substituents is 1. The summed E-state index contributed by atoms with van der Waals surface area (Å²) in [6.45, 7) is 0. The molecule has 92 valence electrons. The summed E-state index contributed by atoms with van der Waals surface area (Å²) in [5.41, 5.74) is 2.86. The van der Waals surface area contributed by atoms with E-state index in [2.05, 4.69) is 4.98 Å². The molecule has 3 nitrogen and oxygen atoms in total. The maximum absolute atomic E-state index is 13.8. The molecule has 1 aliphatic carbocycles. The van der Waals surface area contributed by atoms with Gasteiger partial charge in [-0.05, 0) is 24.0 Å². The number of aromatic nitrogens is 1. The number of methoxy groups -OCH3 is 1. The molecule has 3 rings (SSSR count). The van der Waals surface area contributed by atoms with Crippen molar-refractivity contribution in [2.45, 2.75) is 12.8 Å². The van der Waals surface area contributed by atoms with E-state index >= 15 is 0 Å². The third kappa shape index (κ3) is 1.53. The summed E-state index contributed by atoms with van der Waals surface area (Å²) in [5.74, 6) is 0.0322. The lowest BCUT2D eigenvalue weighted by Crippen LogP contribution is -2.08. The predicted molar refractivity (Wildman–Crippen MR) is 65.3 cm³/mol. The molecule has 0 saturated heterocycles. The molecule has 4 heteroatoms. The predicted octanol–water partition coefficient (Wildman–Crippen LogP) is 2.70. The molecule has 0 atom stereocenters. The third-order valence-electron chi connectivity index (χ3n) is 3.35. The zero-order chi connectivity index (χ0) is 12.7. The highest BCUT2D eigenvalue weighted by molar-refractivity contribution is 5.74. The van der Waals surface area contributed by atoms with Gasteiger partial charge >= 0.3 is 0 Å². The lowest BCUT2D eigenvalue weighted by atomic mass is 9.85. The number of benzene rings is 1. The molecule has 0 unspecified atom stereocenters. The molecule has 2 aromatic rings. The first-order chi connectivity index (χ1) is 8.70. The number of nitrogens with zero attached hydrogens (tertiary/aromatic N) is 1. The van der Waals surface area contributed by atoms with E-state index in [4.69, 9.17) is 4.74 Å². The first-order valence-corrected chi connectivity index (χ1v) is 5.74. The van der Waals surface area contributed by atoms with E-state index in [1.54, 1.807) is 6.07 Å². The summed E-state index contributed by atoms with van der Waals surface area (Å²) < 4.78 is 18.8. The number of pyridine rings is 1. The summed E-state index contributed by atoms with van der Waals surface area (Å²) in [6, 6.07) is 5.17. The van der Waals surface area contributed by atoms with Gasteiger partial charge in [0.05, 0.1) is 13.3 Å². The third-order valence-corrected chi connectivity index (χ3v) is 3.35. The highest BCUT2D eigenvalue weighted by Gasteiger charge is 2.21. The number of hydrogen-bond donors (Lipinski definition) is 1. The van der Waals surface area contributed by atoms with E-state index in [1.165, 1.54) is 13.2 Å². The van der Waals surface area contributed by atoms with Crippen molar-refractivity contribution in [2.75, 3.05) is 7.11 Å². The molecule has 0 amide bonds. The Labute approximate surface area is 104 Å². The van der Waals surface area contributed by atoms with Crippen LogP contribution in [0, 0.1) is 5.82 Å². The molecule has 18 heavy (non-hydrogen) atoms. The number of fused-ring (bicyclic) bond motifs is 1. The maximum Gasteiger partial charge on any atom is 0.213 e. The fourth-order valence-electron chi connectivity index (χ4n) is 2.23. The van der Waals surface area contributed by atoms with Crippen LogP contribution in [0.2, 0.25) is 0 Å². The second-order valence-corrected chi connectivity index (χ2v) is 4.31. The zero-order valence-corrected chi connectivity index (χ0v) is 9.90. The Bertz CT molecular complexity index is 625. The number of aryl methyl sites for hydroxylation is 1. The van der Waals surface area contributed by atoms with Gasteiger partial charge in [0, 0.05) is 17.2 Å². The summed E-state index contributed by atoms with van der Waals surface area (Å²) in [4.78, 5) is 3.79. The van der Waals surface area contributed by atoms with Gasteiger partial charge in [0.25, 0.3) is 0 Å². The van der Waals surface area contributed by atoms with E-state index in [9.17, 15) is 9.50 Å². The molecule has 0 bridgehead atoms. The lowest BCUT2D eigenvalue weighted by molar-refractivity contribution is 0.396. The summed E-state index contributed by atoms with van der Waals surface area (Å²) in [6.07, 6.45) is 2.93. The van der Waals surface area contributed by atoms with Crippen molar-refractivity contribution < 1.29 is 14.2 Å². The molecule has 1 heterocycles. The van der Waals surface area contributed by atoms with Crippen molar-refractivity contribution in [1.29, 1.82) is 0 Å². The Kier molecular flexibility index (Phi) is 2.44. The molecule has 1 aliphatic rings. The van der Waals surface area contributed by atoms with Crippen molar-refractivity contribution in [3.05, 3.63) is 41.3 Å². The molecule has 0 aliphatic heterocycles. The number of rotatable bonds is 2. The van der Waals surface area contributed by atoms with Gasteiger partial charge in [0.15, 0.2) is 0 Å². The second-order valence-electron chi connectivity index (χ2n) is 4.31. The Balaban J connectivity index is 2.18. The Morgan fingerprint density at radius 1 is 1.28 bits per heavy atom. The molecule has 0 saturated carbocycles. The normalized spacial score (nSPS) is 12.8. The van der Waals surface area contributed by atoms with Gasteiger partial charge in [-0.3, -0.25) is 0 Å². The SMILES string of the molecule is COc1cc(-c2ccc3c(c2O)CC3)c(F)cn1. The summed E-state index contributed by atoms with van der Waals surface area (Å²) in [5, 5.41) is 10.1. The topological polar surface area (TPSA) is 42.4 Å². The van der Waals surface area contributed by atoms with E-state index in [0.717, 1.165) is 30.2 Å². The Morgan fingerprint density at radius 2 is 2.11 bits per heavy atom. The highest BCUT2D eigenvalue weighted by atomic mass is 19.1. The first-order valence-electron chi connectivity index (χ1n) is 5.74. The average molecular weight is 245 g/mol. The largest absolute Gasteiger partial charge is 0.507 e. The zero-order valence-electron chi connectivity index (χ0n) is 9.90. The van der Waals surface area contributed by atoms with E-state index in [1.807, 2.05) is 6.07 Å². The molecule has 1 aromatic heterocycles. The van der Waals surface area contributed by atoms with E-state index < -0.39 is 5.82 Å². The molecule has 0 radical (unpaired) electrons. The summed E-state index contributed by atoms with van der Waals surface area (Å²) in [7, 11) is 1.47. The summed E-state index contributed by atoms with van der Waals surface area (Å²) >= 11 is 0. The standard InChI is InChI=1S/C14H12FNO2/c1-18-13-6-11(12(15)7-16-13)10-5-3-8-2-4-9(8)14(10)17/h3,5-7,17H,2,4H2,1H3. The van der Waals surface area contributed by atoms with Gasteiger partial charge in [-0.2, -0.15) is 0 Å². The number of halogens is 1. The minimum absolute atomic E-state index is 0.172. The fraction of sp³-hybridized carbons (Fsp3) is 0.214. The van der Waals surface area contributed by atoms with Crippen LogP contribution >= 0.6 is 0 Å². The van der Waals surface area contributed by atoms with Crippen molar-refractivity contribution in [3.8, 4) is 22.8 Å². The van der Waals surface area contributed by atoms with Crippen molar-refractivity contribution in [3.63, 3.8) is 0 Å². The minimum atomic E-state index is -0.467.